The Hall–Kier alpha value is -2.14. The second-order valence-corrected chi connectivity index (χ2v) is 4.93. The number of hydrogen-bond donors (Lipinski definition) is 2. The SMILES string of the molecule is Cc1ncoc1C(=O)NCC1NCCc2ccccc21. The molecule has 5 heteroatoms. The van der Waals surface area contributed by atoms with E-state index in [-0.39, 0.29) is 17.7 Å². The standard InChI is InChI=1S/C15H17N3O2/c1-10-14(20-9-18-10)15(19)17-8-13-12-5-3-2-4-11(12)6-7-16-13/h2-5,9,13,16H,6-8H2,1H3,(H,17,19). The van der Waals surface area contributed by atoms with E-state index in [1.165, 1.54) is 17.5 Å². The second-order valence-electron chi connectivity index (χ2n) is 4.93. The molecule has 3 rings (SSSR count). The lowest BCUT2D eigenvalue weighted by Gasteiger charge is -2.27. The molecular weight excluding hydrogens is 254 g/mol. The average molecular weight is 271 g/mol. The monoisotopic (exact) mass is 271 g/mol. The van der Waals surface area contributed by atoms with Gasteiger partial charge in [0.25, 0.3) is 5.91 Å². The predicted octanol–water partition coefficient (Wildman–Crippen LogP) is 1.60. The van der Waals surface area contributed by atoms with Gasteiger partial charge in [-0.15, -0.1) is 0 Å². The molecular formula is C15H17N3O2. The Bertz CT molecular complexity index is 621. The maximum atomic E-state index is 12.0. The molecule has 1 aliphatic rings. The third-order valence-corrected chi connectivity index (χ3v) is 3.63. The number of benzene rings is 1. The summed E-state index contributed by atoms with van der Waals surface area (Å²) in [5.74, 6) is 0.0685. The molecule has 0 saturated carbocycles. The number of carbonyl (C=O) groups is 1. The molecule has 1 aliphatic heterocycles. The van der Waals surface area contributed by atoms with Crippen LogP contribution in [0, 0.1) is 6.92 Å². The van der Waals surface area contributed by atoms with Crippen LogP contribution in [0.25, 0.3) is 0 Å². The van der Waals surface area contributed by atoms with Gasteiger partial charge in [-0.25, -0.2) is 4.98 Å². The van der Waals surface area contributed by atoms with E-state index < -0.39 is 0 Å². The molecule has 2 heterocycles. The van der Waals surface area contributed by atoms with Gasteiger partial charge in [0.15, 0.2) is 6.39 Å². The van der Waals surface area contributed by atoms with Crippen LogP contribution in [-0.4, -0.2) is 24.0 Å². The molecule has 0 spiro atoms. The molecule has 1 atom stereocenters. The molecule has 0 fully saturated rings. The van der Waals surface area contributed by atoms with E-state index >= 15 is 0 Å². The number of aryl methyl sites for hydroxylation is 1. The van der Waals surface area contributed by atoms with Crippen molar-refractivity contribution in [3.8, 4) is 0 Å². The first-order chi connectivity index (χ1) is 9.75. The maximum absolute atomic E-state index is 12.0. The summed E-state index contributed by atoms with van der Waals surface area (Å²) < 4.78 is 5.09. The van der Waals surface area contributed by atoms with Gasteiger partial charge in [0.2, 0.25) is 5.76 Å². The van der Waals surface area contributed by atoms with Crippen LogP contribution in [0.3, 0.4) is 0 Å². The average Bonchev–Trinajstić information content (AvgIpc) is 2.91. The minimum absolute atomic E-state index is 0.145. The fourth-order valence-corrected chi connectivity index (χ4v) is 2.57. The number of nitrogens with zero attached hydrogens (tertiary/aromatic N) is 1. The maximum Gasteiger partial charge on any atom is 0.289 e. The zero-order valence-electron chi connectivity index (χ0n) is 11.3. The Balaban J connectivity index is 1.68. The van der Waals surface area contributed by atoms with Crippen LogP contribution in [0.2, 0.25) is 0 Å². The molecule has 0 bridgehead atoms. The van der Waals surface area contributed by atoms with E-state index in [0.29, 0.717) is 12.2 Å². The van der Waals surface area contributed by atoms with Gasteiger partial charge in [0.05, 0.1) is 5.69 Å². The Morgan fingerprint density at radius 2 is 2.35 bits per heavy atom. The normalized spacial score (nSPS) is 17.6. The van der Waals surface area contributed by atoms with E-state index in [9.17, 15) is 4.79 Å². The summed E-state index contributed by atoms with van der Waals surface area (Å²) in [6.45, 7) is 3.22. The highest BCUT2D eigenvalue weighted by molar-refractivity contribution is 5.92. The van der Waals surface area contributed by atoms with Crippen LogP contribution in [0.5, 0.6) is 0 Å². The molecule has 5 nitrogen and oxygen atoms in total. The molecule has 0 radical (unpaired) electrons. The predicted molar refractivity (Wildman–Crippen MR) is 74.5 cm³/mol. The Morgan fingerprint density at radius 1 is 1.50 bits per heavy atom. The molecule has 20 heavy (non-hydrogen) atoms. The molecule has 1 aromatic heterocycles. The van der Waals surface area contributed by atoms with Crippen molar-refractivity contribution in [3.05, 3.63) is 53.2 Å². The van der Waals surface area contributed by atoms with Crippen molar-refractivity contribution >= 4 is 5.91 Å². The number of fused-ring (bicyclic) bond motifs is 1. The highest BCUT2D eigenvalue weighted by Crippen LogP contribution is 2.21. The van der Waals surface area contributed by atoms with Gasteiger partial charge in [0, 0.05) is 12.6 Å². The van der Waals surface area contributed by atoms with Crippen molar-refractivity contribution in [2.24, 2.45) is 0 Å². The van der Waals surface area contributed by atoms with Crippen molar-refractivity contribution < 1.29 is 9.21 Å². The number of rotatable bonds is 3. The van der Waals surface area contributed by atoms with E-state index in [0.717, 1.165) is 13.0 Å². The topological polar surface area (TPSA) is 67.2 Å². The van der Waals surface area contributed by atoms with Gasteiger partial charge in [-0.1, -0.05) is 24.3 Å². The van der Waals surface area contributed by atoms with Gasteiger partial charge in [0.1, 0.15) is 0 Å². The second kappa shape index (κ2) is 5.46. The van der Waals surface area contributed by atoms with Crippen LogP contribution < -0.4 is 10.6 Å². The van der Waals surface area contributed by atoms with Crippen LogP contribution in [0.1, 0.15) is 33.4 Å². The van der Waals surface area contributed by atoms with Crippen molar-refractivity contribution in [1.82, 2.24) is 15.6 Å². The van der Waals surface area contributed by atoms with Crippen molar-refractivity contribution in [1.29, 1.82) is 0 Å². The summed E-state index contributed by atoms with van der Waals surface area (Å²) in [5, 5.41) is 6.33. The summed E-state index contributed by atoms with van der Waals surface area (Å²) in [6, 6.07) is 8.48. The van der Waals surface area contributed by atoms with E-state index in [1.807, 2.05) is 6.07 Å². The van der Waals surface area contributed by atoms with Crippen molar-refractivity contribution in [2.45, 2.75) is 19.4 Å². The van der Waals surface area contributed by atoms with Gasteiger partial charge in [-0.3, -0.25) is 4.79 Å². The first-order valence-electron chi connectivity index (χ1n) is 6.75. The van der Waals surface area contributed by atoms with Crippen LogP contribution >= 0.6 is 0 Å². The number of oxazole rings is 1. The number of nitrogens with one attached hydrogen (secondary N) is 2. The quantitative estimate of drug-likeness (QED) is 0.890. The highest BCUT2D eigenvalue weighted by atomic mass is 16.3. The van der Waals surface area contributed by atoms with Crippen LogP contribution in [0.4, 0.5) is 0 Å². The zero-order chi connectivity index (χ0) is 13.9. The number of amides is 1. The Labute approximate surface area is 117 Å². The van der Waals surface area contributed by atoms with Crippen LogP contribution in [-0.2, 0) is 6.42 Å². The summed E-state index contributed by atoms with van der Waals surface area (Å²) in [7, 11) is 0. The highest BCUT2D eigenvalue weighted by Gasteiger charge is 2.21. The molecule has 1 aromatic carbocycles. The summed E-state index contributed by atoms with van der Waals surface area (Å²) in [5.41, 5.74) is 3.22. The third-order valence-electron chi connectivity index (χ3n) is 3.63. The molecule has 0 saturated heterocycles. The van der Waals surface area contributed by atoms with Crippen molar-refractivity contribution in [2.75, 3.05) is 13.1 Å². The lowest BCUT2D eigenvalue weighted by Crippen LogP contribution is -2.38. The minimum atomic E-state index is -0.218. The third kappa shape index (κ3) is 2.44. The van der Waals surface area contributed by atoms with Gasteiger partial charge in [-0.05, 0) is 31.0 Å². The first-order valence-corrected chi connectivity index (χ1v) is 6.75. The molecule has 2 N–H and O–H groups in total. The summed E-state index contributed by atoms with van der Waals surface area (Å²) >= 11 is 0. The number of hydrogen-bond acceptors (Lipinski definition) is 4. The lowest BCUT2D eigenvalue weighted by atomic mass is 9.94. The smallest absolute Gasteiger partial charge is 0.289 e. The first kappa shape index (κ1) is 12.9. The molecule has 1 amide bonds. The zero-order valence-corrected chi connectivity index (χ0v) is 11.3. The molecule has 0 aliphatic carbocycles. The fourth-order valence-electron chi connectivity index (χ4n) is 2.57. The molecule has 1 unspecified atom stereocenters. The van der Waals surface area contributed by atoms with E-state index in [2.05, 4.69) is 33.8 Å². The van der Waals surface area contributed by atoms with Crippen molar-refractivity contribution in [3.63, 3.8) is 0 Å². The molecule has 104 valence electrons. The minimum Gasteiger partial charge on any atom is -0.438 e. The Kier molecular flexibility index (Phi) is 3.52. The molecule has 2 aromatic rings. The summed E-state index contributed by atoms with van der Waals surface area (Å²) in [6.07, 6.45) is 2.32. The number of carbonyl (C=O) groups excluding carboxylic acids is 1. The van der Waals surface area contributed by atoms with E-state index in [1.54, 1.807) is 6.92 Å². The summed E-state index contributed by atoms with van der Waals surface area (Å²) in [4.78, 5) is 15.9. The lowest BCUT2D eigenvalue weighted by molar-refractivity contribution is 0.0920. The number of aromatic nitrogens is 1. The van der Waals surface area contributed by atoms with E-state index in [4.69, 9.17) is 4.42 Å². The van der Waals surface area contributed by atoms with Gasteiger partial charge < -0.3 is 15.1 Å². The van der Waals surface area contributed by atoms with Gasteiger partial charge >= 0.3 is 0 Å². The largest absolute Gasteiger partial charge is 0.438 e. The Morgan fingerprint density at radius 3 is 3.15 bits per heavy atom. The van der Waals surface area contributed by atoms with Gasteiger partial charge in [-0.2, -0.15) is 0 Å². The van der Waals surface area contributed by atoms with Crippen LogP contribution in [0.15, 0.2) is 35.1 Å². The fraction of sp³-hybridized carbons (Fsp3) is 0.333.